The van der Waals surface area contributed by atoms with Crippen molar-refractivity contribution in [2.75, 3.05) is 5.75 Å². The van der Waals surface area contributed by atoms with E-state index < -0.39 is 22.0 Å². The molecule has 0 aromatic carbocycles. The van der Waals surface area contributed by atoms with E-state index in [2.05, 4.69) is 5.10 Å². The van der Waals surface area contributed by atoms with Crippen molar-refractivity contribution in [2.45, 2.75) is 25.6 Å². The molecular weight excluding hydrogens is 228 g/mol. The zero-order chi connectivity index (χ0) is 12.1. The predicted molar refractivity (Wildman–Crippen MR) is 61.5 cm³/mol. The van der Waals surface area contributed by atoms with E-state index in [1.54, 1.807) is 37.0 Å². The Hall–Kier alpha value is -1.17. The molecule has 0 amide bonds. The third-order valence-corrected chi connectivity index (χ3v) is 4.11. The highest BCUT2D eigenvalue weighted by Crippen LogP contribution is 2.10. The van der Waals surface area contributed by atoms with Crippen LogP contribution in [0.3, 0.4) is 0 Å². The number of carboxylic acid groups (broad SMARTS) is 1. The summed E-state index contributed by atoms with van der Waals surface area (Å²) in [6.45, 7) is 4.02. The zero-order valence-electron chi connectivity index (χ0n) is 9.37. The van der Waals surface area contributed by atoms with Gasteiger partial charge in [0.15, 0.2) is 0 Å². The van der Waals surface area contributed by atoms with E-state index in [9.17, 15) is 9.00 Å². The van der Waals surface area contributed by atoms with E-state index in [0.29, 0.717) is 12.3 Å². The van der Waals surface area contributed by atoms with Gasteiger partial charge >= 0.3 is 5.97 Å². The van der Waals surface area contributed by atoms with Crippen LogP contribution >= 0.6 is 0 Å². The van der Waals surface area contributed by atoms with Gasteiger partial charge in [-0.3, -0.25) is 13.7 Å². The van der Waals surface area contributed by atoms with Crippen LogP contribution in [0.2, 0.25) is 0 Å². The molecule has 16 heavy (non-hydrogen) atoms. The lowest BCUT2D eigenvalue weighted by Gasteiger charge is -2.15. The summed E-state index contributed by atoms with van der Waals surface area (Å²) in [5.41, 5.74) is 0. The number of hydrogen-bond donors (Lipinski definition) is 1. The van der Waals surface area contributed by atoms with E-state index >= 15 is 0 Å². The molecule has 0 aliphatic heterocycles. The Kier molecular flexibility index (Phi) is 4.67. The van der Waals surface area contributed by atoms with Crippen molar-refractivity contribution >= 4 is 16.8 Å². The van der Waals surface area contributed by atoms with Crippen molar-refractivity contribution in [1.29, 1.82) is 0 Å². The fourth-order valence-corrected chi connectivity index (χ4v) is 2.90. The first-order chi connectivity index (χ1) is 7.52. The Bertz CT molecular complexity index is 362. The van der Waals surface area contributed by atoms with Gasteiger partial charge in [0.1, 0.15) is 5.25 Å². The van der Waals surface area contributed by atoms with Crippen LogP contribution in [-0.4, -0.2) is 36.1 Å². The Morgan fingerprint density at radius 3 is 2.69 bits per heavy atom. The summed E-state index contributed by atoms with van der Waals surface area (Å²) >= 11 is 0. The maximum atomic E-state index is 11.8. The van der Waals surface area contributed by atoms with Gasteiger partial charge in [0.2, 0.25) is 0 Å². The molecule has 0 radical (unpaired) electrons. The molecule has 0 aliphatic carbocycles. The largest absolute Gasteiger partial charge is 0.480 e. The normalized spacial score (nSPS) is 14.9. The third-order valence-electron chi connectivity index (χ3n) is 2.21. The van der Waals surface area contributed by atoms with Gasteiger partial charge in [-0.2, -0.15) is 5.10 Å². The van der Waals surface area contributed by atoms with Crippen LogP contribution in [0.4, 0.5) is 0 Å². The second-order valence-corrected chi connectivity index (χ2v) is 5.53. The van der Waals surface area contributed by atoms with Crippen molar-refractivity contribution in [3.8, 4) is 0 Å². The number of carboxylic acids is 1. The summed E-state index contributed by atoms with van der Waals surface area (Å²) in [4.78, 5) is 10.9. The van der Waals surface area contributed by atoms with Crippen LogP contribution in [0, 0.1) is 5.92 Å². The molecule has 0 saturated heterocycles. The second-order valence-electron chi connectivity index (χ2n) is 3.86. The number of carbonyl (C=O) groups is 1. The predicted octanol–water partition coefficient (Wildman–Crippen LogP) is 0.741. The molecule has 0 fully saturated rings. The number of aryl methyl sites for hydroxylation is 1. The monoisotopic (exact) mass is 244 g/mol. The topological polar surface area (TPSA) is 72.2 Å². The molecular formula is C10H16N2O3S. The summed E-state index contributed by atoms with van der Waals surface area (Å²) in [6.07, 6.45) is 3.41. The quantitative estimate of drug-likeness (QED) is 0.801. The molecule has 90 valence electrons. The van der Waals surface area contributed by atoms with Crippen LogP contribution in [0.25, 0.3) is 0 Å². The average molecular weight is 244 g/mol. The maximum Gasteiger partial charge on any atom is 0.319 e. The minimum atomic E-state index is -1.36. The summed E-state index contributed by atoms with van der Waals surface area (Å²) in [5, 5.41) is 12.1. The third kappa shape index (κ3) is 3.44. The highest BCUT2D eigenvalue weighted by Gasteiger charge is 2.27. The Morgan fingerprint density at radius 2 is 2.25 bits per heavy atom. The number of aliphatic carboxylic acids is 1. The van der Waals surface area contributed by atoms with E-state index in [4.69, 9.17) is 5.11 Å². The highest BCUT2D eigenvalue weighted by molar-refractivity contribution is 7.86. The minimum Gasteiger partial charge on any atom is -0.480 e. The van der Waals surface area contributed by atoms with E-state index in [1.807, 2.05) is 0 Å². The Morgan fingerprint density at radius 1 is 1.56 bits per heavy atom. The van der Waals surface area contributed by atoms with Gasteiger partial charge in [0, 0.05) is 28.9 Å². The highest BCUT2D eigenvalue weighted by atomic mass is 32.2. The van der Waals surface area contributed by atoms with Crippen molar-refractivity contribution in [3.63, 3.8) is 0 Å². The van der Waals surface area contributed by atoms with Gasteiger partial charge in [0.05, 0.1) is 6.54 Å². The summed E-state index contributed by atoms with van der Waals surface area (Å²) in [6, 6.07) is 1.78. The van der Waals surface area contributed by atoms with E-state index in [0.717, 1.165) is 0 Å². The van der Waals surface area contributed by atoms with Crippen molar-refractivity contribution in [2.24, 2.45) is 5.92 Å². The van der Waals surface area contributed by atoms with Crippen LogP contribution in [0.15, 0.2) is 18.5 Å². The summed E-state index contributed by atoms with van der Waals surface area (Å²) < 4.78 is 13.5. The minimum absolute atomic E-state index is 0.129. The molecule has 1 heterocycles. The van der Waals surface area contributed by atoms with Crippen molar-refractivity contribution in [3.05, 3.63) is 18.5 Å². The molecule has 0 saturated carbocycles. The molecule has 6 heteroatoms. The standard InChI is InChI=1S/C10H16N2O3S/c1-8(2)9(10(13)14)16(15)7-6-12-5-3-4-11-12/h3-5,8-9H,6-7H2,1-2H3,(H,13,14). The maximum absolute atomic E-state index is 11.8. The fourth-order valence-electron chi connectivity index (χ4n) is 1.44. The number of aromatic nitrogens is 2. The van der Waals surface area contributed by atoms with Gasteiger partial charge in [-0.25, -0.2) is 0 Å². The molecule has 1 rings (SSSR count). The molecule has 1 N–H and O–H groups in total. The van der Waals surface area contributed by atoms with E-state index in [-0.39, 0.29) is 5.92 Å². The first-order valence-electron chi connectivity index (χ1n) is 5.09. The van der Waals surface area contributed by atoms with Crippen LogP contribution < -0.4 is 0 Å². The first-order valence-corrected chi connectivity index (χ1v) is 6.48. The SMILES string of the molecule is CC(C)C(C(=O)O)S(=O)CCn1cccn1. The van der Waals surface area contributed by atoms with Crippen molar-refractivity contribution in [1.82, 2.24) is 9.78 Å². The second kappa shape index (κ2) is 5.79. The Balaban J connectivity index is 2.53. The zero-order valence-corrected chi connectivity index (χ0v) is 10.2. The van der Waals surface area contributed by atoms with Gasteiger partial charge in [-0.15, -0.1) is 0 Å². The average Bonchev–Trinajstić information content (AvgIpc) is 2.65. The van der Waals surface area contributed by atoms with Crippen molar-refractivity contribution < 1.29 is 14.1 Å². The number of nitrogens with zero attached hydrogens (tertiary/aromatic N) is 2. The molecule has 0 bridgehead atoms. The van der Waals surface area contributed by atoms with Crippen LogP contribution in [0.1, 0.15) is 13.8 Å². The molecule has 1 aromatic rings. The lowest BCUT2D eigenvalue weighted by Crippen LogP contribution is -2.33. The first kappa shape index (κ1) is 12.9. The van der Waals surface area contributed by atoms with E-state index in [1.165, 1.54) is 0 Å². The fraction of sp³-hybridized carbons (Fsp3) is 0.600. The van der Waals surface area contributed by atoms with Gasteiger partial charge in [0.25, 0.3) is 0 Å². The summed E-state index contributed by atoms with van der Waals surface area (Å²) in [7, 11) is -1.36. The number of hydrogen-bond acceptors (Lipinski definition) is 3. The van der Waals surface area contributed by atoms with Crippen LogP contribution in [0.5, 0.6) is 0 Å². The molecule has 0 spiro atoms. The molecule has 1 aromatic heterocycles. The van der Waals surface area contributed by atoms with Gasteiger partial charge in [-0.1, -0.05) is 13.8 Å². The summed E-state index contributed by atoms with van der Waals surface area (Å²) in [5.74, 6) is -0.804. The Labute approximate surface area is 96.9 Å². The molecule has 2 atom stereocenters. The number of rotatable bonds is 6. The lowest BCUT2D eigenvalue weighted by atomic mass is 10.1. The lowest BCUT2D eigenvalue weighted by molar-refractivity contribution is -0.137. The van der Waals surface area contributed by atoms with Crippen LogP contribution in [-0.2, 0) is 22.1 Å². The van der Waals surface area contributed by atoms with Gasteiger partial charge < -0.3 is 5.11 Å². The smallest absolute Gasteiger partial charge is 0.319 e. The molecule has 5 nitrogen and oxygen atoms in total. The van der Waals surface area contributed by atoms with Gasteiger partial charge in [-0.05, 0) is 12.0 Å². The molecule has 0 aliphatic rings. The molecule has 2 unspecified atom stereocenters.